The van der Waals surface area contributed by atoms with E-state index in [1.165, 1.54) is 19.1 Å². The second kappa shape index (κ2) is 4.32. The van der Waals surface area contributed by atoms with Crippen LogP contribution >= 0.6 is 15.9 Å². The third kappa shape index (κ3) is 2.92. The largest absolute Gasteiger partial charge is 0.508 e. The minimum atomic E-state index is -1.05. The lowest BCUT2D eigenvalue weighted by molar-refractivity contribution is -0.144. The fourth-order valence-electron chi connectivity index (χ4n) is 0.871. The maximum Gasteiger partial charge on any atom is 0.344 e. The first-order chi connectivity index (χ1) is 6.49. The summed E-state index contributed by atoms with van der Waals surface area (Å²) in [7, 11) is 0. The number of benzene rings is 1. The molecule has 0 unspecified atom stereocenters. The van der Waals surface area contributed by atoms with Crippen molar-refractivity contribution in [3.05, 3.63) is 22.7 Å². The van der Waals surface area contributed by atoms with Crippen LogP contribution in [0, 0.1) is 0 Å². The Kier molecular flexibility index (Phi) is 3.35. The summed E-state index contributed by atoms with van der Waals surface area (Å²) in [5.41, 5.74) is 0. The van der Waals surface area contributed by atoms with Gasteiger partial charge in [0.15, 0.2) is 6.10 Å². The van der Waals surface area contributed by atoms with Gasteiger partial charge in [0, 0.05) is 10.5 Å². The molecule has 5 heteroatoms. The van der Waals surface area contributed by atoms with Gasteiger partial charge in [-0.3, -0.25) is 0 Å². The molecular weight excluding hydrogens is 252 g/mol. The molecule has 0 spiro atoms. The van der Waals surface area contributed by atoms with E-state index in [-0.39, 0.29) is 5.75 Å². The average Bonchev–Trinajstić information content (AvgIpc) is 2.01. The number of phenolic OH excluding ortho intramolecular Hbond substituents is 1. The summed E-state index contributed by atoms with van der Waals surface area (Å²) in [4.78, 5) is 10.5. The Morgan fingerprint density at radius 1 is 1.50 bits per heavy atom. The highest BCUT2D eigenvalue weighted by Gasteiger charge is 2.12. The lowest BCUT2D eigenvalue weighted by Gasteiger charge is -2.10. The molecule has 1 aromatic carbocycles. The van der Waals surface area contributed by atoms with E-state index < -0.39 is 12.1 Å². The van der Waals surface area contributed by atoms with Crippen LogP contribution in [-0.2, 0) is 4.79 Å². The molecule has 14 heavy (non-hydrogen) atoms. The number of aromatic hydroxyl groups is 1. The number of rotatable bonds is 3. The Hall–Kier alpha value is -1.23. The standard InChI is InChI=1S/C9H9BrO4/c1-5(9(12)13)14-8-3-6(10)2-7(11)4-8/h2-5,11H,1H3,(H,12,13)/t5-/m1/s1. The minimum absolute atomic E-state index is 0.0203. The Bertz CT molecular complexity index is 330. The molecular formula is C9H9BrO4. The first-order valence-corrected chi connectivity index (χ1v) is 4.67. The molecule has 1 aromatic rings. The Morgan fingerprint density at radius 2 is 2.14 bits per heavy atom. The predicted octanol–water partition coefficient (Wildman–Crippen LogP) is 2.01. The number of carboxylic acid groups (broad SMARTS) is 1. The van der Waals surface area contributed by atoms with Gasteiger partial charge in [-0.25, -0.2) is 4.79 Å². The first-order valence-electron chi connectivity index (χ1n) is 3.88. The SMILES string of the molecule is C[C@@H](Oc1cc(O)cc(Br)c1)C(=O)O. The molecule has 1 atom stereocenters. The number of carbonyl (C=O) groups is 1. The lowest BCUT2D eigenvalue weighted by Crippen LogP contribution is -2.22. The molecule has 0 amide bonds. The molecule has 2 N–H and O–H groups in total. The first kappa shape index (κ1) is 10.8. The molecule has 0 aliphatic carbocycles. The van der Waals surface area contributed by atoms with Crippen molar-refractivity contribution >= 4 is 21.9 Å². The number of aliphatic carboxylic acids is 1. The van der Waals surface area contributed by atoms with Gasteiger partial charge in [-0.1, -0.05) is 15.9 Å². The van der Waals surface area contributed by atoms with Crippen molar-refractivity contribution in [1.29, 1.82) is 0 Å². The van der Waals surface area contributed by atoms with Crippen LogP contribution in [-0.4, -0.2) is 22.3 Å². The number of halogens is 1. The van der Waals surface area contributed by atoms with Crippen LogP contribution in [0.1, 0.15) is 6.92 Å². The van der Waals surface area contributed by atoms with Crippen molar-refractivity contribution in [2.75, 3.05) is 0 Å². The van der Waals surface area contributed by atoms with Crippen molar-refractivity contribution in [3.8, 4) is 11.5 Å². The monoisotopic (exact) mass is 260 g/mol. The molecule has 4 nitrogen and oxygen atoms in total. The van der Waals surface area contributed by atoms with Crippen molar-refractivity contribution in [3.63, 3.8) is 0 Å². The zero-order valence-corrected chi connectivity index (χ0v) is 8.98. The van der Waals surface area contributed by atoms with Gasteiger partial charge in [0.1, 0.15) is 11.5 Å². The van der Waals surface area contributed by atoms with Crippen molar-refractivity contribution < 1.29 is 19.7 Å². The summed E-state index contributed by atoms with van der Waals surface area (Å²) in [5.74, 6) is -0.719. The second-order valence-electron chi connectivity index (χ2n) is 2.74. The number of ether oxygens (including phenoxy) is 1. The average molecular weight is 261 g/mol. The quantitative estimate of drug-likeness (QED) is 0.873. The van der Waals surface area contributed by atoms with Crippen LogP contribution in [0.25, 0.3) is 0 Å². The molecule has 0 aliphatic heterocycles. The molecule has 0 radical (unpaired) electrons. The summed E-state index contributed by atoms with van der Waals surface area (Å²) in [6.07, 6.45) is -0.941. The van der Waals surface area contributed by atoms with E-state index in [1.54, 1.807) is 6.07 Å². The lowest BCUT2D eigenvalue weighted by atomic mass is 10.3. The zero-order valence-electron chi connectivity index (χ0n) is 7.40. The van der Waals surface area contributed by atoms with Gasteiger partial charge in [0.2, 0.25) is 0 Å². The van der Waals surface area contributed by atoms with Gasteiger partial charge in [-0.2, -0.15) is 0 Å². The van der Waals surface area contributed by atoms with E-state index in [1.807, 2.05) is 0 Å². The molecule has 0 aliphatic rings. The molecule has 0 aromatic heterocycles. The highest BCUT2D eigenvalue weighted by Crippen LogP contribution is 2.25. The third-order valence-corrected chi connectivity index (χ3v) is 1.97. The number of phenols is 1. The Morgan fingerprint density at radius 3 is 2.64 bits per heavy atom. The van der Waals surface area contributed by atoms with E-state index in [0.717, 1.165) is 0 Å². The molecule has 0 bridgehead atoms. The van der Waals surface area contributed by atoms with Gasteiger partial charge >= 0.3 is 5.97 Å². The van der Waals surface area contributed by atoms with Gasteiger partial charge in [-0.05, 0) is 19.1 Å². The molecule has 76 valence electrons. The Labute approximate surface area is 89.3 Å². The highest BCUT2D eigenvalue weighted by atomic mass is 79.9. The fourth-order valence-corrected chi connectivity index (χ4v) is 1.33. The smallest absolute Gasteiger partial charge is 0.344 e. The minimum Gasteiger partial charge on any atom is -0.508 e. The summed E-state index contributed by atoms with van der Waals surface area (Å²) >= 11 is 3.15. The van der Waals surface area contributed by atoms with E-state index in [9.17, 15) is 9.90 Å². The van der Waals surface area contributed by atoms with Gasteiger partial charge in [-0.15, -0.1) is 0 Å². The topological polar surface area (TPSA) is 66.8 Å². The van der Waals surface area contributed by atoms with Crippen LogP contribution in [0.3, 0.4) is 0 Å². The van der Waals surface area contributed by atoms with Crippen molar-refractivity contribution in [2.45, 2.75) is 13.0 Å². The van der Waals surface area contributed by atoms with Crippen molar-refractivity contribution in [1.82, 2.24) is 0 Å². The summed E-state index contributed by atoms with van der Waals surface area (Å²) in [6, 6.07) is 4.42. The van der Waals surface area contributed by atoms with Gasteiger partial charge in [0.05, 0.1) is 0 Å². The zero-order chi connectivity index (χ0) is 10.7. The highest BCUT2D eigenvalue weighted by molar-refractivity contribution is 9.10. The van der Waals surface area contributed by atoms with Gasteiger partial charge in [0.25, 0.3) is 0 Å². The molecule has 0 saturated heterocycles. The van der Waals surface area contributed by atoms with Crippen molar-refractivity contribution in [2.24, 2.45) is 0 Å². The molecule has 0 fully saturated rings. The van der Waals surface area contributed by atoms with E-state index in [0.29, 0.717) is 10.2 Å². The molecule has 0 saturated carbocycles. The van der Waals surface area contributed by atoms with E-state index in [2.05, 4.69) is 15.9 Å². The fraction of sp³-hybridized carbons (Fsp3) is 0.222. The van der Waals surface area contributed by atoms with E-state index in [4.69, 9.17) is 9.84 Å². The summed E-state index contributed by atoms with van der Waals surface area (Å²) < 4.78 is 5.68. The maximum absolute atomic E-state index is 10.5. The van der Waals surface area contributed by atoms with Crippen LogP contribution in [0.2, 0.25) is 0 Å². The third-order valence-electron chi connectivity index (χ3n) is 1.52. The Balaban J connectivity index is 2.81. The normalized spacial score (nSPS) is 12.1. The number of carboxylic acids is 1. The number of hydrogen-bond acceptors (Lipinski definition) is 3. The van der Waals surface area contributed by atoms with Crippen LogP contribution in [0.5, 0.6) is 11.5 Å². The van der Waals surface area contributed by atoms with Crippen LogP contribution in [0.15, 0.2) is 22.7 Å². The number of hydrogen-bond donors (Lipinski definition) is 2. The maximum atomic E-state index is 10.5. The van der Waals surface area contributed by atoms with Gasteiger partial charge < -0.3 is 14.9 Å². The van der Waals surface area contributed by atoms with E-state index >= 15 is 0 Å². The summed E-state index contributed by atoms with van der Waals surface area (Å²) in [6.45, 7) is 1.42. The van der Waals surface area contributed by atoms with Crippen LogP contribution < -0.4 is 4.74 Å². The molecule has 0 heterocycles. The van der Waals surface area contributed by atoms with Crippen LogP contribution in [0.4, 0.5) is 0 Å². The summed E-state index contributed by atoms with van der Waals surface area (Å²) in [5, 5.41) is 17.8. The second-order valence-corrected chi connectivity index (χ2v) is 3.66. The molecule has 1 rings (SSSR count). The predicted molar refractivity (Wildman–Crippen MR) is 53.5 cm³/mol.